The molecule has 0 amide bonds. The van der Waals surface area contributed by atoms with Crippen LogP contribution in [0.5, 0.6) is 0 Å². The molecule has 1 atom stereocenters. The van der Waals surface area contributed by atoms with Gasteiger partial charge < -0.3 is 4.43 Å². The third-order valence-electron chi connectivity index (χ3n) is 3.11. The summed E-state index contributed by atoms with van der Waals surface area (Å²) < 4.78 is 6.25. The largest absolute Gasteiger partial charge is 0.414 e. The molecule has 0 aromatic heterocycles. The van der Waals surface area contributed by atoms with E-state index in [0.717, 1.165) is 5.92 Å². The molecule has 0 N–H and O–H groups in total. The third kappa shape index (κ3) is 4.60. The van der Waals surface area contributed by atoms with E-state index in [0.29, 0.717) is 11.1 Å². The molecular formula is C12H28OSi. The first-order valence-electron chi connectivity index (χ1n) is 5.74. The van der Waals surface area contributed by atoms with Gasteiger partial charge in [0.25, 0.3) is 0 Å². The van der Waals surface area contributed by atoms with E-state index in [-0.39, 0.29) is 0 Å². The fraction of sp³-hybridized carbons (Fsp3) is 1.00. The Balaban J connectivity index is 4.22. The molecule has 0 spiro atoms. The van der Waals surface area contributed by atoms with E-state index in [2.05, 4.69) is 54.6 Å². The van der Waals surface area contributed by atoms with Crippen molar-refractivity contribution in [3.63, 3.8) is 0 Å². The minimum atomic E-state index is -1.53. The van der Waals surface area contributed by atoms with Gasteiger partial charge in [0.1, 0.15) is 0 Å². The van der Waals surface area contributed by atoms with Gasteiger partial charge in [-0.3, -0.25) is 0 Å². The maximum Gasteiger partial charge on any atom is 0.192 e. The van der Waals surface area contributed by atoms with Crippen molar-refractivity contribution in [1.29, 1.82) is 0 Å². The fourth-order valence-corrected chi connectivity index (χ4v) is 2.85. The molecule has 0 heterocycles. The number of hydrogen-bond acceptors (Lipinski definition) is 1. The summed E-state index contributed by atoms with van der Waals surface area (Å²) in [5, 5.41) is 0.332. The van der Waals surface area contributed by atoms with Gasteiger partial charge in [-0.1, -0.05) is 34.6 Å². The van der Waals surface area contributed by atoms with E-state index in [1.165, 1.54) is 6.42 Å². The van der Waals surface area contributed by atoms with Crippen molar-refractivity contribution in [2.45, 2.75) is 72.2 Å². The molecule has 86 valence electrons. The highest BCUT2D eigenvalue weighted by Gasteiger charge is 2.38. The smallest absolute Gasteiger partial charge is 0.192 e. The minimum absolute atomic E-state index is 0.332. The van der Waals surface area contributed by atoms with Crippen LogP contribution in [0.2, 0.25) is 18.1 Å². The highest BCUT2D eigenvalue weighted by Crippen LogP contribution is 2.37. The van der Waals surface area contributed by atoms with Gasteiger partial charge in [-0.2, -0.15) is 0 Å². The van der Waals surface area contributed by atoms with E-state index < -0.39 is 8.32 Å². The molecule has 1 unspecified atom stereocenters. The standard InChI is InChI=1S/C12H28OSi/c1-10(2)9-11(3)13-14(7,8)12(4,5)6/h10-11H,9H2,1-8H3. The minimum Gasteiger partial charge on any atom is -0.414 e. The molecule has 1 nitrogen and oxygen atoms in total. The molecule has 0 fully saturated rings. The average Bonchev–Trinajstić information content (AvgIpc) is 1.79. The maximum absolute atomic E-state index is 6.25. The summed E-state index contributed by atoms with van der Waals surface area (Å²) in [4.78, 5) is 0. The Hall–Kier alpha value is 0.177. The second-order valence-electron chi connectivity index (χ2n) is 6.32. The van der Waals surface area contributed by atoms with Crippen LogP contribution in [0.25, 0.3) is 0 Å². The van der Waals surface area contributed by atoms with E-state index in [9.17, 15) is 0 Å². The summed E-state index contributed by atoms with van der Waals surface area (Å²) in [5.41, 5.74) is 0. The molecule has 0 rings (SSSR count). The zero-order chi connectivity index (χ0) is 11.6. The summed E-state index contributed by atoms with van der Waals surface area (Å²) in [6, 6.07) is 0. The van der Waals surface area contributed by atoms with Crippen molar-refractivity contribution in [3.8, 4) is 0 Å². The second-order valence-corrected chi connectivity index (χ2v) is 11.1. The van der Waals surface area contributed by atoms with E-state index >= 15 is 0 Å². The molecule has 0 aromatic carbocycles. The van der Waals surface area contributed by atoms with Crippen LogP contribution in [0, 0.1) is 5.92 Å². The van der Waals surface area contributed by atoms with Crippen molar-refractivity contribution >= 4 is 8.32 Å². The Labute approximate surface area is 91.4 Å². The lowest BCUT2D eigenvalue weighted by atomic mass is 10.1. The quantitative estimate of drug-likeness (QED) is 0.631. The highest BCUT2D eigenvalue weighted by atomic mass is 28.4. The Morgan fingerprint density at radius 3 is 1.79 bits per heavy atom. The third-order valence-corrected chi connectivity index (χ3v) is 7.71. The lowest BCUT2D eigenvalue weighted by Crippen LogP contribution is -2.43. The number of hydrogen-bond donors (Lipinski definition) is 0. The topological polar surface area (TPSA) is 9.23 Å². The molecule has 0 saturated carbocycles. The SMILES string of the molecule is CC(C)CC(C)O[Si](C)(C)C(C)(C)C. The highest BCUT2D eigenvalue weighted by molar-refractivity contribution is 6.74. The summed E-state index contributed by atoms with van der Waals surface area (Å²) in [6.45, 7) is 18.2. The Bertz CT molecular complexity index is 168. The molecule has 0 bridgehead atoms. The molecule has 0 radical (unpaired) electrons. The van der Waals surface area contributed by atoms with Gasteiger partial charge in [-0.15, -0.1) is 0 Å². The van der Waals surface area contributed by atoms with Crippen LogP contribution in [-0.4, -0.2) is 14.4 Å². The summed E-state index contributed by atoms with van der Waals surface area (Å²) in [5.74, 6) is 0.731. The van der Waals surface area contributed by atoms with Crippen LogP contribution >= 0.6 is 0 Å². The molecular weight excluding hydrogens is 188 g/mol. The second kappa shape index (κ2) is 4.80. The first-order valence-corrected chi connectivity index (χ1v) is 8.65. The van der Waals surface area contributed by atoms with Gasteiger partial charge in [0.15, 0.2) is 8.32 Å². The van der Waals surface area contributed by atoms with Crippen LogP contribution in [0.4, 0.5) is 0 Å². The lowest BCUT2D eigenvalue weighted by molar-refractivity contribution is 0.173. The summed E-state index contributed by atoms with van der Waals surface area (Å²) in [6.07, 6.45) is 1.59. The maximum atomic E-state index is 6.25. The normalized spacial score (nSPS) is 16.1. The van der Waals surface area contributed by atoms with Gasteiger partial charge in [-0.05, 0) is 37.4 Å². The zero-order valence-electron chi connectivity index (χ0n) is 11.3. The zero-order valence-corrected chi connectivity index (χ0v) is 12.3. The first kappa shape index (κ1) is 14.2. The van der Waals surface area contributed by atoms with Crippen LogP contribution in [-0.2, 0) is 4.43 Å². The lowest BCUT2D eigenvalue weighted by Gasteiger charge is -2.38. The number of rotatable bonds is 4. The molecule has 0 saturated heterocycles. The summed E-state index contributed by atoms with van der Waals surface area (Å²) >= 11 is 0. The van der Waals surface area contributed by atoms with Crippen molar-refractivity contribution in [1.82, 2.24) is 0 Å². The molecule has 14 heavy (non-hydrogen) atoms. The molecule has 0 aliphatic heterocycles. The van der Waals surface area contributed by atoms with Crippen molar-refractivity contribution < 1.29 is 4.43 Å². The predicted molar refractivity (Wildman–Crippen MR) is 67.2 cm³/mol. The average molecular weight is 216 g/mol. The van der Waals surface area contributed by atoms with Crippen molar-refractivity contribution in [3.05, 3.63) is 0 Å². The Morgan fingerprint density at radius 1 is 1.07 bits per heavy atom. The van der Waals surface area contributed by atoms with Crippen LogP contribution < -0.4 is 0 Å². The van der Waals surface area contributed by atoms with Gasteiger partial charge in [-0.25, -0.2) is 0 Å². The van der Waals surface area contributed by atoms with Crippen molar-refractivity contribution in [2.24, 2.45) is 5.92 Å². The van der Waals surface area contributed by atoms with E-state index in [1.807, 2.05) is 0 Å². The summed E-state index contributed by atoms with van der Waals surface area (Å²) in [7, 11) is -1.53. The Morgan fingerprint density at radius 2 is 1.50 bits per heavy atom. The monoisotopic (exact) mass is 216 g/mol. The van der Waals surface area contributed by atoms with E-state index in [4.69, 9.17) is 4.43 Å². The molecule has 0 aromatic rings. The Kier molecular flexibility index (Phi) is 4.86. The molecule has 0 aliphatic carbocycles. The van der Waals surface area contributed by atoms with E-state index in [1.54, 1.807) is 0 Å². The van der Waals surface area contributed by atoms with Crippen LogP contribution in [0.15, 0.2) is 0 Å². The molecule has 0 aliphatic rings. The van der Waals surface area contributed by atoms with Crippen LogP contribution in [0.3, 0.4) is 0 Å². The van der Waals surface area contributed by atoms with Gasteiger partial charge >= 0.3 is 0 Å². The molecule has 2 heteroatoms. The van der Waals surface area contributed by atoms with Crippen molar-refractivity contribution in [2.75, 3.05) is 0 Å². The first-order chi connectivity index (χ1) is 6.06. The predicted octanol–water partition coefficient (Wildman–Crippen LogP) is 4.44. The van der Waals surface area contributed by atoms with Gasteiger partial charge in [0.2, 0.25) is 0 Å². The van der Waals surface area contributed by atoms with Crippen LogP contribution in [0.1, 0.15) is 48.0 Å². The van der Waals surface area contributed by atoms with Gasteiger partial charge in [0, 0.05) is 6.10 Å². The van der Waals surface area contributed by atoms with Gasteiger partial charge in [0.05, 0.1) is 0 Å². The fourth-order valence-electron chi connectivity index (χ4n) is 1.39.